The van der Waals surface area contributed by atoms with E-state index >= 15 is 0 Å². The summed E-state index contributed by atoms with van der Waals surface area (Å²) >= 11 is 6.01. The molecule has 0 bridgehead atoms. The van der Waals surface area contributed by atoms with Crippen LogP contribution in [0.4, 0.5) is 0 Å². The molecule has 0 atom stereocenters. The van der Waals surface area contributed by atoms with Crippen molar-refractivity contribution in [3.8, 4) is 5.75 Å². The van der Waals surface area contributed by atoms with Crippen LogP contribution < -0.4 is 10.1 Å². The van der Waals surface area contributed by atoms with Crippen LogP contribution in [-0.4, -0.2) is 25.1 Å². The van der Waals surface area contributed by atoms with Crippen molar-refractivity contribution in [2.75, 3.05) is 13.2 Å². The number of amides is 1. The molecule has 0 unspecified atom stereocenters. The first-order chi connectivity index (χ1) is 12.0. The van der Waals surface area contributed by atoms with Gasteiger partial charge in [-0.05, 0) is 42.7 Å². The van der Waals surface area contributed by atoms with Crippen molar-refractivity contribution in [1.82, 2.24) is 5.32 Å². The van der Waals surface area contributed by atoms with E-state index in [2.05, 4.69) is 5.32 Å². The largest absolute Gasteiger partial charge is 0.482 e. The zero-order valence-corrected chi connectivity index (χ0v) is 14.9. The number of nitrogens with one attached hydrogen (secondary N) is 1. The fourth-order valence-electron chi connectivity index (χ4n) is 2.09. The zero-order chi connectivity index (χ0) is 18.2. The fourth-order valence-corrected chi connectivity index (χ4v) is 2.29. The number of halogens is 1. The Morgan fingerprint density at radius 2 is 1.80 bits per heavy atom. The second-order valence-corrected chi connectivity index (χ2v) is 5.92. The van der Waals surface area contributed by atoms with Crippen LogP contribution in [0.3, 0.4) is 0 Å². The summed E-state index contributed by atoms with van der Waals surface area (Å²) in [4.78, 5) is 23.4. The quantitative estimate of drug-likeness (QED) is 0.769. The molecule has 0 spiro atoms. The molecule has 0 aliphatic heterocycles. The van der Waals surface area contributed by atoms with E-state index in [-0.39, 0.29) is 19.8 Å². The second-order valence-electron chi connectivity index (χ2n) is 5.52. The van der Waals surface area contributed by atoms with Gasteiger partial charge in [0.1, 0.15) is 5.75 Å². The lowest BCUT2D eigenvalue weighted by Gasteiger charge is -2.11. The first-order valence-electron chi connectivity index (χ1n) is 7.82. The third-order valence-electron chi connectivity index (χ3n) is 3.70. The molecule has 1 amide bonds. The fraction of sp³-hybridized carbons (Fsp3) is 0.263. The molecule has 5 nitrogen and oxygen atoms in total. The van der Waals surface area contributed by atoms with Crippen molar-refractivity contribution in [3.63, 3.8) is 0 Å². The summed E-state index contributed by atoms with van der Waals surface area (Å²) in [6, 6.07) is 12.8. The molecule has 0 aromatic heterocycles. The first kappa shape index (κ1) is 18.8. The maximum absolute atomic E-state index is 11.7. The molecule has 2 rings (SSSR count). The van der Waals surface area contributed by atoms with Crippen LogP contribution in [0.15, 0.2) is 42.5 Å². The molecule has 0 aliphatic carbocycles. The summed E-state index contributed by atoms with van der Waals surface area (Å²) in [6.45, 7) is 3.54. The highest BCUT2D eigenvalue weighted by atomic mass is 35.5. The Kier molecular flexibility index (Phi) is 6.83. The van der Waals surface area contributed by atoms with Gasteiger partial charge in [0, 0.05) is 11.6 Å². The van der Waals surface area contributed by atoms with Gasteiger partial charge in [0.2, 0.25) is 0 Å². The summed E-state index contributed by atoms with van der Waals surface area (Å²) in [6.07, 6.45) is 0. The third kappa shape index (κ3) is 5.80. The molecule has 0 saturated heterocycles. The summed E-state index contributed by atoms with van der Waals surface area (Å²) in [5, 5.41) is 3.22. The average molecular weight is 362 g/mol. The third-order valence-corrected chi connectivity index (χ3v) is 4.07. The van der Waals surface area contributed by atoms with E-state index in [0.29, 0.717) is 10.8 Å². The highest BCUT2D eigenvalue weighted by Gasteiger charge is 2.10. The van der Waals surface area contributed by atoms with Gasteiger partial charge in [-0.2, -0.15) is 0 Å². The van der Waals surface area contributed by atoms with Crippen LogP contribution in [0.25, 0.3) is 0 Å². The second kappa shape index (κ2) is 9.08. The Hall–Kier alpha value is -2.53. The van der Waals surface area contributed by atoms with Crippen LogP contribution in [0.1, 0.15) is 16.7 Å². The number of aryl methyl sites for hydroxylation is 1. The minimum absolute atomic E-state index is 0.248. The number of carbonyl (C=O) groups excluding carboxylic acids is 2. The number of carbonyl (C=O) groups is 2. The summed E-state index contributed by atoms with van der Waals surface area (Å²) in [5.41, 5.74) is 2.83. The van der Waals surface area contributed by atoms with E-state index in [4.69, 9.17) is 21.1 Å². The molecule has 132 valence electrons. The van der Waals surface area contributed by atoms with Crippen molar-refractivity contribution in [1.29, 1.82) is 0 Å². The minimum Gasteiger partial charge on any atom is -0.482 e. The van der Waals surface area contributed by atoms with E-state index in [1.807, 2.05) is 44.2 Å². The zero-order valence-electron chi connectivity index (χ0n) is 14.2. The summed E-state index contributed by atoms with van der Waals surface area (Å²) in [5.74, 6) is -0.381. The molecular weight excluding hydrogens is 342 g/mol. The van der Waals surface area contributed by atoms with Gasteiger partial charge < -0.3 is 14.8 Å². The molecular formula is C19H20ClNO4. The molecule has 25 heavy (non-hydrogen) atoms. The van der Waals surface area contributed by atoms with Crippen LogP contribution in [0, 0.1) is 13.8 Å². The van der Waals surface area contributed by atoms with Gasteiger partial charge in [-0.25, -0.2) is 4.79 Å². The highest BCUT2D eigenvalue weighted by molar-refractivity contribution is 6.31. The lowest BCUT2D eigenvalue weighted by Crippen LogP contribution is -2.29. The van der Waals surface area contributed by atoms with E-state index in [0.717, 1.165) is 16.7 Å². The van der Waals surface area contributed by atoms with Gasteiger partial charge >= 0.3 is 5.97 Å². The predicted molar refractivity (Wildman–Crippen MR) is 95.7 cm³/mol. The van der Waals surface area contributed by atoms with Gasteiger partial charge in [0.05, 0.1) is 0 Å². The number of esters is 1. The predicted octanol–water partition coefficient (Wildman–Crippen LogP) is 3.20. The lowest BCUT2D eigenvalue weighted by molar-refractivity contribution is -0.150. The first-order valence-corrected chi connectivity index (χ1v) is 8.20. The van der Waals surface area contributed by atoms with Crippen molar-refractivity contribution in [2.45, 2.75) is 20.4 Å². The van der Waals surface area contributed by atoms with E-state index in [9.17, 15) is 9.59 Å². The van der Waals surface area contributed by atoms with Gasteiger partial charge in [0.15, 0.2) is 13.2 Å². The number of benzene rings is 2. The van der Waals surface area contributed by atoms with Crippen molar-refractivity contribution < 1.29 is 19.1 Å². The molecule has 2 aromatic rings. The smallest absolute Gasteiger partial charge is 0.344 e. The molecule has 1 N–H and O–H groups in total. The van der Waals surface area contributed by atoms with Gasteiger partial charge in [-0.15, -0.1) is 0 Å². The van der Waals surface area contributed by atoms with Crippen molar-refractivity contribution in [2.24, 2.45) is 0 Å². The van der Waals surface area contributed by atoms with Crippen molar-refractivity contribution in [3.05, 3.63) is 64.2 Å². The average Bonchev–Trinajstić information content (AvgIpc) is 2.60. The van der Waals surface area contributed by atoms with Crippen LogP contribution in [0.5, 0.6) is 5.75 Å². The Morgan fingerprint density at radius 3 is 2.56 bits per heavy atom. The standard InChI is InChI=1S/C19H20ClNO4/c1-13-6-5-9-17(14(13)2)24-12-19(23)25-11-18(22)21-10-15-7-3-4-8-16(15)20/h3-9H,10-12H2,1-2H3,(H,21,22). The maximum Gasteiger partial charge on any atom is 0.344 e. The van der Waals surface area contributed by atoms with Crippen molar-refractivity contribution >= 4 is 23.5 Å². The van der Waals surface area contributed by atoms with Crippen LogP contribution in [-0.2, 0) is 20.9 Å². The van der Waals surface area contributed by atoms with Crippen LogP contribution in [0.2, 0.25) is 5.02 Å². The normalized spacial score (nSPS) is 10.2. The van der Waals surface area contributed by atoms with Gasteiger partial charge in [0.25, 0.3) is 5.91 Å². The summed E-state index contributed by atoms with van der Waals surface area (Å²) in [7, 11) is 0. The SMILES string of the molecule is Cc1cccc(OCC(=O)OCC(=O)NCc2ccccc2Cl)c1C. The van der Waals surface area contributed by atoms with Crippen LogP contribution >= 0.6 is 11.6 Å². The molecule has 6 heteroatoms. The Balaban J connectivity index is 1.71. The molecule has 0 heterocycles. The number of ether oxygens (including phenoxy) is 2. The van der Waals surface area contributed by atoms with E-state index in [1.54, 1.807) is 12.1 Å². The minimum atomic E-state index is -0.603. The van der Waals surface area contributed by atoms with Gasteiger partial charge in [-0.1, -0.05) is 41.9 Å². The monoisotopic (exact) mass is 361 g/mol. The molecule has 2 aromatic carbocycles. The molecule has 0 aliphatic rings. The van der Waals surface area contributed by atoms with Gasteiger partial charge in [-0.3, -0.25) is 4.79 Å². The lowest BCUT2D eigenvalue weighted by atomic mass is 10.1. The number of hydrogen-bond acceptors (Lipinski definition) is 4. The number of hydrogen-bond donors (Lipinski definition) is 1. The molecule has 0 saturated carbocycles. The van der Waals surface area contributed by atoms with E-state index in [1.165, 1.54) is 0 Å². The Morgan fingerprint density at radius 1 is 1.04 bits per heavy atom. The molecule has 0 fully saturated rings. The Bertz CT molecular complexity index is 761. The number of rotatable bonds is 7. The summed E-state index contributed by atoms with van der Waals surface area (Å²) < 4.78 is 10.3. The molecule has 0 radical (unpaired) electrons. The maximum atomic E-state index is 11.7. The highest BCUT2D eigenvalue weighted by Crippen LogP contribution is 2.20. The topological polar surface area (TPSA) is 64.6 Å². The Labute approximate surface area is 151 Å². The van der Waals surface area contributed by atoms with E-state index < -0.39 is 11.9 Å².